The first kappa shape index (κ1) is 17.3. The maximum Gasteiger partial charge on any atom is 0.335 e. The maximum atomic E-state index is 12.2. The van der Waals surface area contributed by atoms with Gasteiger partial charge in [-0.3, -0.25) is 4.31 Å². The van der Waals surface area contributed by atoms with E-state index in [2.05, 4.69) is 0 Å². The molecule has 0 spiro atoms. The third kappa shape index (κ3) is 4.61. The van der Waals surface area contributed by atoms with Crippen molar-refractivity contribution in [1.82, 2.24) is 0 Å². The van der Waals surface area contributed by atoms with Crippen molar-refractivity contribution < 1.29 is 23.1 Å². The van der Waals surface area contributed by atoms with Crippen LogP contribution in [0.1, 0.15) is 24.2 Å². The third-order valence-electron chi connectivity index (χ3n) is 2.82. The minimum absolute atomic E-state index is 0.00480. The quantitative estimate of drug-likeness (QED) is 0.730. The summed E-state index contributed by atoms with van der Waals surface area (Å²) < 4.78 is 30.6. The van der Waals surface area contributed by atoms with E-state index in [0.717, 1.165) is 4.31 Å². The van der Waals surface area contributed by atoms with E-state index in [-0.39, 0.29) is 35.4 Å². The normalized spacial score (nSPS) is 11.6. The lowest BCUT2D eigenvalue weighted by atomic mass is 10.2. The number of anilines is 2. The predicted octanol–water partition coefficient (Wildman–Crippen LogP) is 1.16. The van der Waals surface area contributed by atoms with Crippen molar-refractivity contribution >= 4 is 27.4 Å². The first-order chi connectivity index (χ1) is 9.65. The van der Waals surface area contributed by atoms with Crippen LogP contribution < -0.4 is 10.0 Å². The number of sulfonamides is 1. The fraction of sp³-hybridized carbons (Fsp3) is 0.462. The van der Waals surface area contributed by atoms with Gasteiger partial charge in [0, 0.05) is 7.05 Å². The van der Waals surface area contributed by atoms with Crippen LogP contribution in [0.3, 0.4) is 0 Å². The summed E-state index contributed by atoms with van der Waals surface area (Å²) in [4.78, 5) is 10.8. The molecule has 1 aromatic carbocycles. The van der Waals surface area contributed by atoms with Crippen molar-refractivity contribution in [1.29, 1.82) is 0 Å². The summed E-state index contributed by atoms with van der Waals surface area (Å²) in [5, 5.41) is 8.86. The van der Waals surface area contributed by atoms with Crippen molar-refractivity contribution in [3.63, 3.8) is 0 Å². The molecule has 0 radical (unpaired) electrons. The number of nitrogens with two attached hydrogens (primary N) is 1. The number of hydrogen-bond acceptors (Lipinski definition) is 5. The van der Waals surface area contributed by atoms with Gasteiger partial charge in [-0.25, -0.2) is 13.2 Å². The topological polar surface area (TPSA) is 110 Å². The Labute approximate surface area is 124 Å². The fourth-order valence-electron chi connectivity index (χ4n) is 1.65. The zero-order valence-electron chi connectivity index (χ0n) is 12.2. The van der Waals surface area contributed by atoms with E-state index < -0.39 is 16.0 Å². The fourth-order valence-corrected chi connectivity index (χ4v) is 2.70. The highest BCUT2D eigenvalue weighted by atomic mass is 32.2. The number of carbonyl (C=O) groups is 1. The van der Waals surface area contributed by atoms with Gasteiger partial charge in [0.15, 0.2) is 0 Å². The van der Waals surface area contributed by atoms with Crippen LogP contribution >= 0.6 is 0 Å². The molecule has 8 heteroatoms. The lowest BCUT2D eigenvalue weighted by Gasteiger charge is -2.21. The average Bonchev–Trinajstić information content (AvgIpc) is 2.36. The molecule has 0 saturated heterocycles. The molecule has 21 heavy (non-hydrogen) atoms. The summed E-state index contributed by atoms with van der Waals surface area (Å²) in [6.07, 6.45) is -0.0505. The molecule has 0 atom stereocenters. The summed E-state index contributed by atoms with van der Waals surface area (Å²) in [5.41, 5.74) is 6.07. The van der Waals surface area contributed by atoms with Crippen molar-refractivity contribution in [3.8, 4) is 0 Å². The monoisotopic (exact) mass is 316 g/mol. The lowest BCUT2D eigenvalue weighted by Crippen LogP contribution is -2.31. The van der Waals surface area contributed by atoms with Crippen LogP contribution in [-0.4, -0.2) is 45.0 Å². The van der Waals surface area contributed by atoms with Gasteiger partial charge >= 0.3 is 5.97 Å². The van der Waals surface area contributed by atoms with Crippen molar-refractivity contribution in [2.24, 2.45) is 0 Å². The van der Waals surface area contributed by atoms with Gasteiger partial charge in [0.05, 0.1) is 35.4 Å². The molecule has 0 aromatic heterocycles. The van der Waals surface area contributed by atoms with Gasteiger partial charge in [-0.1, -0.05) is 0 Å². The van der Waals surface area contributed by atoms with Gasteiger partial charge < -0.3 is 15.6 Å². The summed E-state index contributed by atoms with van der Waals surface area (Å²) in [6, 6.07) is 3.92. The van der Waals surface area contributed by atoms with Crippen molar-refractivity contribution in [3.05, 3.63) is 23.8 Å². The second-order valence-corrected chi connectivity index (χ2v) is 6.90. The van der Waals surface area contributed by atoms with Gasteiger partial charge in [-0.2, -0.15) is 0 Å². The molecular weight excluding hydrogens is 296 g/mol. The molecule has 1 aromatic rings. The number of hydrogen-bond donors (Lipinski definition) is 2. The van der Waals surface area contributed by atoms with E-state index in [9.17, 15) is 13.2 Å². The van der Waals surface area contributed by atoms with Crippen LogP contribution in [0.4, 0.5) is 11.4 Å². The molecule has 0 aliphatic rings. The van der Waals surface area contributed by atoms with Gasteiger partial charge in [-0.15, -0.1) is 0 Å². The van der Waals surface area contributed by atoms with Crippen molar-refractivity contribution in [2.75, 3.05) is 29.4 Å². The van der Waals surface area contributed by atoms with Crippen LogP contribution in [0.5, 0.6) is 0 Å². The van der Waals surface area contributed by atoms with Gasteiger partial charge in [0.25, 0.3) is 0 Å². The molecule has 7 nitrogen and oxygen atoms in total. The molecule has 3 N–H and O–H groups in total. The number of carboxylic acids is 1. The minimum Gasteiger partial charge on any atom is -0.478 e. The Balaban J connectivity index is 2.92. The molecular formula is C13H20N2O5S. The standard InChI is InChI=1S/C13H20N2O5S/c1-9(2)20-6-7-21(18,19)15(3)12-5-4-10(13(16)17)8-11(12)14/h4-5,8-9H,6-7,14H2,1-3H3,(H,16,17). The van der Waals surface area contributed by atoms with Crippen molar-refractivity contribution in [2.45, 2.75) is 20.0 Å². The third-order valence-corrected chi connectivity index (χ3v) is 4.54. The first-order valence-corrected chi connectivity index (χ1v) is 7.97. The summed E-state index contributed by atoms with van der Waals surface area (Å²) in [6.45, 7) is 3.72. The Bertz CT molecular complexity index is 613. The summed E-state index contributed by atoms with van der Waals surface area (Å²) in [7, 11) is -2.21. The number of ether oxygens (including phenoxy) is 1. The number of benzene rings is 1. The second-order valence-electron chi connectivity index (χ2n) is 4.78. The highest BCUT2D eigenvalue weighted by Gasteiger charge is 2.21. The SMILES string of the molecule is CC(C)OCCS(=O)(=O)N(C)c1ccc(C(=O)O)cc1N. The van der Waals surface area contributed by atoms with Crippen LogP contribution in [0.2, 0.25) is 0 Å². The molecule has 0 aliphatic heterocycles. The molecule has 0 unspecified atom stereocenters. The molecule has 0 fully saturated rings. The van der Waals surface area contributed by atoms with Crippen LogP contribution in [0, 0.1) is 0 Å². The van der Waals surface area contributed by atoms with Crippen LogP contribution in [-0.2, 0) is 14.8 Å². The largest absolute Gasteiger partial charge is 0.478 e. The number of rotatable bonds is 7. The average molecular weight is 316 g/mol. The molecule has 0 heterocycles. The molecule has 0 aliphatic carbocycles. The number of carboxylic acid groups (broad SMARTS) is 1. The second kappa shape index (κ2) is 6.77. The lowest BCUT2D eigenvalue weighted by molar-refractivity contribution is 0.0697. The number of nitrogens with zero attached hydrogens (tertiary/aromatic N) is 1. The zero-order valence-corrected chi connectivity index (χ0v) is 13.1. The van der Waals surface area contributed by atoms with Crippen LogP contribution in [0.15, 0.2) is 18.2 Å². The van der Waals surface area contributed by atoms with E-state index >= 15 is 0 Å². The Kier molecular flexibility index (Phi) is 5.56. The molecule has 0 amide bonds. The highest BCUT2D eigenvalue weighted by molar-refractivity contribution is 7.92. The number of nitrogen functional groups attached to an aromatic ring is 1. The Morgan fingerprint density at radius 1 is 1.43 bits per heavy atom. The molecule has 118 valence electrons. The van der Waals surface area contributed by atoms with Crippen LogP contribution in [0.25, 0.3) is 0 Å². The highest BCUT2D eigenvalue weighted by Crippen LogP contribution is 2.25. The summed E-state index contributed by atoms with van der Waals surface area (Å²) >= 11 is 0. The minimum atomic E-state index is -3.58. The van der Waals surface area contributed by atoms with E-state index in [1.54, 1.807) is 0 Å². The molecule has 0 bridgehead atoms. The maximum absolute atomic E-state index is 12.2. The molecule has 1 rings (SSSR count). The van der Waals surface area contributed by atoms with E-state index in [1.807, 2.05) is 13.8 Å². The van der Waals surface area contributed by atoms with E-state index in [4.69, 9.17) is 15.6 Å². The Morgan fingerprint density at radius 3 is 2.52 bits per heavy atom. The van der Waals surface area contributed by atoms with Gasteiger partial charge in [0.2, 0.25) is 10.0 Å². The predicted molar refractivity (Wildman–Crippen MR) is 81.1 cm³/mol. The number of aromatic carboxylic acids is 1. The zero-order chi connectivity index (χ0) is 16.2. The van der Waals surface area contributed by atoms with Gasteiger partial charge in [-0.05, 0) is 32.0 Å². The summed E-state index contributed by atoms with van der Waals surface area (Å²) in [5.74, 6) is -1.30. The van der Waals surface area contributed by atoms with Gasteiger partial charge in [0.1, 0.15) is 0 Å². The smallest absolute Gasteiger partial charge is 0.335 e. The molecule has 0 saturated carbocycles. The Hall–Kier alpha value is -1.80. The van der Waals surface area contributed by atoms with E-state index in [1.165, 1.54) is 25.2 Å². The Morgan fingerprint density at radius 2 is 2.05 bits per heavy atom. The first-order valence-electron chi connectivity index (χ1n) is 6.36. The van der Waals surface area contributed by atoms with E-state index in [0.29, 0.717) is 0 Å².